The van der Waals surface area contributed by atoms with E-state index in [4.69, 9.17) is 4.74 Å². The number of nitrogens with one attached hydrogen (secondary N) is 1. The number of hydrogen-bond acceptors (Lipinski definition) is 6. The van der Waals surface area contributed by atoms with Crippen molar-refractivity contribution in [3.8, 4) is 0 Å². The van der Waals surface area contributed by atoms with Gasteiger partial charge in [-0.3, -0.25) is 14.9 Å². The summed E-state index contributed by atoms with van der Waals surface area (Å²) in [6, 6.07) is 23.8. The Morgan fingerprint density at radius 3 is 2.17 bits per heavy atom. The van der Waals surface area contributed by atoms with Crippen molar-refractivity contribution in [2.24, 2.45) is 11.8 Å². The van der Waals surface area contributed by atoms with E-state index in [1.807, 2.05) is 74.5 Å². The fourth-order valence-corrected chi connectivity index (χ4v) is 4.46. The van der Waals surface area contributed by atoms with Gasteiger partial charge in [0.1, 0.15) is 12.6 Å². The number of imide groups is 1. The van der Waals surface area contributed by atoms with E-state index in [1.165, 1.54) is 17.0 Å². The molecule has 0 aliphatic carbocycles. The molecule has 2 unspecified atom stereocenters. The van der Waals surface area contributed by atoms with Gasteiger partial charge in [0.2, 0.25) is 5.91 Å². The maximum atomic E-state index is 14.0. The summed E-state index contributed by atoms with van der Waals surface area (Å²) in [4.78, 5) is 38.7. The summed E-state index contributed by atoms with van der Waals surface area (Å²) in [6.07, 6.45) is -0.670. The zero-order valence-corrected chi connectivity index (χ0v) is 19.5. The molecule has 35 heavy (non-hydrogen) atoms. The van der Waals surface area contributed by atoms with Crippen LogP contribution in [0.15, 0.2) is 84.9 Å². The van der Waals surface area contributed by atoms with Gasteiger partial charge in [-0.05, 0) is 29.2 Å². The molecule has 0 aromatic heterocycles. The summed E-state index contributed by atoms with van der Waals surface area (Å²) < 4.78 is 5.30. The Kier molecular flexibility index (Phi) is 7.10. The molecule has 3 aromatic rings. The van der Waals surface area contributed by atoms with Gasteiger partial charge in [0.15, 0.2) is 0 Å². The van der Waals surface area contributed by atoms with Crippen LogP contribution in [0.3, 0.4) is 0 Å². The zero-order chi connectivity index (χ0) is 24.9. The number of para-hydroxylation sites is 1. The van der Waals surface area contributed by atoms with Crippen molar-refractivity contribution in [1.82, 2.24) is 4.90 Å². The van der Waals surface area contributed by atoms with Gasteiger partial charge in [0, 0.05) is 17.8 Å². The van der Waals surface area contributed by atoms with Gasteiger partial charge in [-0.2, -0.15) is 0 Å². The van der Waals surface area contributed by atoms with Crippen molar-refractivity contribution >= 4 is 23.4 Å². The minimum atomic E-state index is -0.670. The molecule has 0 spiro atoms. The number of amides is 2. The second-order valence-corrected chi connectivity index (χ2v) is 8.82. The SMILES string of the molecule is CC(C)C(C(=O)N1C(=O)OC[C@H]1c1ccccc1)C(Nc1ccccc1)c1ccc([N+](=O)[O-])cc1. The Morgan fingerprint density at radius 1 is 1.00 bits per heavy atom. The number of nitrogens with zero attached hydrogens (tertiary/aromatic N) is 2. The van der Waals surface area contributed by atoms with Crippen molar-refractivity contribution in [2.45, 2.75) is 25.9 Å². The fourth-order valence-electron chi connectivity index (χ4n) is 4.46. The highest BCUT2D eigenvalue weighted by atomic mass is 16.6. The number of nitro benzene ring substituents is 1. The first kappa shape index (κ1) is 23.9. The van der Waals surface area contributed by atoms with Gasteiger partial charge in [0.25, 0.3) is 5.69 Å². The molecule has 4 rings (SSSR count). The number of carbonyl (C=O) groups excluding carboxylic acids is 2. The lowest BCUT2D eigenvalue weighted by molar-refractivity contribution is -0.384. The number of rotatable bonds is 8. The molecule has 1 fully saturated rings. The Labute approximate surface area is 203 Å². The lowest BCUT2D eigenvalue weighted by Gasteiger charge is -2.34. The van der Waals surface area contributed by atoms with Crippen molar-refractivity contribution in [3.63, 3.8) is 0 Å². The molecule has 0 saturated carbocycles. The van der Waals surface area contributed by atoms with E-state index >= 15 is 0 Å². The Balaban J connectivity index is 1.74. The third kappa shape index (κ3) is 5.16. The molecular weight excluding hydrogens is 446 g/mol. The normalized spacial score (nSPS) is 17.1. The van der Waals surface area contributed by atoms with Crippen LogP contribution in [0, 0.1) is 22.0 Å². The molecule has 3 aromatic carbocycles. The van der Waals surface area contributed by atoms with Crippen LogP contribution >= 0.6 is 0 Å². The molecule has 3 atom stereocenters. The fraction of sp³-hybridized carbons (Fsp3) is 0.259. The molecular formula is C27H27N3O5. The monoisotopic (exact) mass is 473 g/mol. The van der Waals surface area contributed by atoms with Gasteiger partial charge in [0.05, 0.1) is 16.9 Å². The summed E-state index contributed by atoms with van der Waals surface area (Å²) in [7, 11) is 0. The van der Waals surface area contributed by atoms with E-state index in [9.17, 15) is 19.7 Å². The van der Waals surface area contributed by atoms with Crippen LogP contribution in [0.2, 0.25) is 0 Å². The molecule has 180 valence electrons. The maximum absolute atomic E-state index is 14.0. The highest BCUT2D eigenvalue weighted by Crippen LogP contribution is 2.37. The predicted molar refractivity (Wildman–Crippen MR) is 132 cm³/mol. The van der Waals surface area contributed by atoms with Gasteiger partial charge >= 0.3 is 6.09 Å². The van der Waals surface area contributed by atoms with Crippen molar-refractivity contribution < 1.29 is 19.2 Å². The summed E-state index contributed by atoms with van der Waals surface area (Å²) >= 11 is 0. The first-order chi connectivity index (χ1) is 16.9. The third-order valence-corrected chi connectivity index (χ3v) is 6.22. The standard InChI is InChI=1S/C27H27N3O5/c1-18(2)24(26(31)29-23(17-35-27(29)32)19-9-5-3-6-10-19)25(28-21-11-7-4-8-12-21)20-13-15-22(16-14-20)30(33)34/h3-16,18,23-25,28H,17H2,1-2H3/t23-,24?,25?/m0/s1. The first-order valence-corrected chi connectivity index (χ1v) is 11.5. The van der Waals surface area contributed by atoms with Gasteiger partial charge in [-0.25, -0.2) is 9.69 Å². The van der Waals surface area contributed by atoms with Crippen molar-refractivity contribution in [2.75, 3.05) is 11.9 Å². The van der Waals surface area contributed by atoms with Crippen LogP contribution < -0.4 is 5.32 Å². The van der Waals surface area contributed by atoms with Gasteiger partial charge in [-0.1, -0.05) is 74.5 Å². The summed E-state index contributed by atoms with van der Waals surface area (Å²) in [5.41, 5.74) is 2.28. The van der Waals surface area contributed by atoms with E-state index in [2.05, 4.69) is 5.32 Å². The minimum Gasteiger partial charge on any atom is -0.446 e. The summed E-state index contributed by atoms with van der Waals surface area (Å²) in [5, 5.41) is 14.6. The number of anilines is 1. The number of hydrogen-bond donors (Lipinski definition) is 1. The summed E-state index contributed by atoms with van der Waals surface area (Å²) in [5.74, 6) is -1.18. The molecule has 1 aliphatic rings. The predicted octanol–water partition coefficient (Wildman–Crippen LogP) is 5.74. The lowest BCUT2D eigenvalue weighted by atomic mass is 9.82. The molecule has 0 radical (unpaired) electrons. The molecule has 1 heterocycles. The Hall–Kier alpha value is -4.20. The van der Waals surface area contributed by atoms with Crippen LogP contribution in [-0.2, 0) is 9.53 Å². The van der Waals surface area contributed by atoms with Gasteiger partial charge in [-0.15, -0.1) is 0 Å². The average molecular weight is 474 g/mol. The minimum absolute atomic E-state index is 0.0353. The van der Waals surface area contributed by atoms with Crippen molar-refractivity contribution in [1.29, 1.82) is 0 Å². The molecule has 8 nitrogen and oxygen atoms in total. The van der Waals surface area contributed by atoms with E-state index in [0.29, 0.717) is 5.56 Å². The summed E-state index contributed by atoms with van der Waals surface area (Å²) in [6.45, 7) is 3.94. The van der Waals surface area contributed by atoms with Crippen LogP contribution in [0.1, 0.15) is 37.1 Å². The first-order valence-electron chi connectivity index (χ1n) is 11.5. The second-order valence-electron chi connectivity index (χ2n) is 8.82. The molecule has 2 amide bonds. The lowest BCUT2D eigenvalue weighted by Crippen LogP contribution is -2.44. The van der Waals surface area contributed by atoms with Crippen LogP contribution in [0.4, 0.5) is 16.2 Å². The highest BCUT2D eigenvalue weighted by Gasteiger charge is 2.45. The van der Waals surface area contributed by atoms with E-state index in [-0.39, 0.29) is 24.1 Å². The van der Waals surface area contributed by atoms with Crippen LogP contribution in [0.25, 0.3) is 0 Å². The van der Waals surface area contributed by atoms with E-state index < -0.39 is 29.0 Å². The number of nitro groups is 1. The van der Waals surface area contributed by atoms with Gasteiger partial charge < -0.3 is 10.1 Å². The third-order valence-electron chi connectivity index (χ3n) is 6.22. The second kappa shape index (κ2) is 10.4. The number of benzene rings is 3. The molecule has 1 aliphatic heterocycles. The topological polar surface area (TPSA) is 102 Å². The molecule has 1 N–H and O–H groups in total. The number of non-ortho nitro benzene ring substituents is 1. The highest BCUT2D eigenvalue weighted by molar-refractivity contribution is 5.95. The number of ether oxygens (including phenoxy) is 1. The number of cyclic esters (lactones) is 1. The van der Waals surface area contributed by atoms with E-state index in [1.54, 1.807) is 12.1 Å². The molecule has 1 saturated heterocycles. The maximum Gasteiger partial charge on any atom is 0.417 e. The number of carbonyl (C=O) groups is 2. The molecule has 0 bridgehead atoms. The smallest absolute Gasteiger partial charge is 0.417 e. The van der Waals surface area contributed by atoms with Crippen LogP contribution in [0.5, 0.6) is 0 Å². The Bertz CT molecular complexity index is 1180. The van der Waals surface area contributed by atoms with Crippen LogP contribution in [-0.4, -0.2) is 28.4 Å². The van der Waals surface area contributed by atoms with E-state index in [0.717, 1.165) is 11.3 Å². The largest absolute Gasteiger partial charge is 0.446 e. The molecule has 8 heteroatoms. The zero-order valence-electron chi connectivity index (χ0n) is 19.5. The quantitative estimate of drug-likeness (QED) is 0.331. The Morgan fingerprint density at radius 2 is 1.60 bits per heavy atom. The average Bonchev–Trinajstić information content (AvgIpc) is 3.26. The van der Waals surface area contributed by atoms with Crippen molar-refractivity contribution in [3.05, 3.63) is 106 Å².